The first kappa shape index (κ1) is 16.8. The van der Waals surface area contributed by atoms with Gasteiger partial charge in [-0.1, -0.05) is 19.8 Å². The lowest BCUT2D eigenvalue weighted by molar-refractivity contribution is -0.143. The highest BCUT2D eigenvalue weighted by Gasteiger charge is 2.37. The lowest BCUT2D eigenvalue weighted by Gasteiger charge is -2.37. The number of urea groups is 1. The average Bonchev–Trinajstić information content (AvgIpc) is 2.86. The van der Waals surface area contributed by atoms with Crippen LogP contribution in [0.15, 0.2) is 0 Å². The molecule has 1 aliphatic carbocycles. The molecule has 116 valence electrons. The third-order valence-corrected chi connectivity index (χ3v) is 4.63. The van der Waals surface area contributed by atoms with E-state index in [1.165, 1.54) is 19.8 Å². The van der Waals surface area contributed by atoms with Crippen LogP contribution in [0.4, 0.5) is 4.79 Å². The lowest BCUT2D eigenvalue weighted by Crippen LogP contribution is -2.58. The molecule has 0 heterocycles. The van der Waals surface area contributed by atoms with E-state index in [-0.39, 0.29) is 5.54 Å². The quantitative estimate of drug-likeness (QED) is 0.689. The molecular formula is C14H27N3O3. The summed E-state index contributed by atoms with van der Waals surface area (Å²) in [5, 5.41) is 14.5. The maximum atomic E-state index is 11.9. The molecule has 1 saturated carbocycles. The number of hydrogen-bond acceptors (Lipinski definition) is 3. The van der Waals surface area contributed by atoms with E-state index in [1.54, 1.807) is 6.92 Å². The summed E-state index contributed by atoms with van der Waals surface area (Å²) >= 11 is 0. The van der Waals surface area contributed by atoms with E-state index in [4.69, 9.17) is 5.11 Å². The van der Waals surface area contributed by atoms with E-state index in [0.717, 1.165) is 12.8 Å². The van der Waals surface area contributed by atoms with E-state index in [0.29, 0.717) is 13.0 Å². The normalized spacial score (nSPS) is 20.4. The first-order valence-electron chi connectivity index (χ1n) is 7.22. The third-order valence-electron chi connectivity index (χ3n) is 4.63. The van der Waals surface area contributed by atoms with Crippen LogP contribution in [0.5, 0.6) is 0 Å². The van der Waals surface area contributed by atoms with Crippen molar-refractivity contribution in [3.05, 3.63) is 0 Å². The van der Waals surface area contributed by atoms with E-state index in [1.807, 2.05) is 14.1 Å². The summed E-state index contributed by atoms with van der Waals surface area (Å²) in [7, 11) is 4.05. The van der Waals surface area contributed by atoms with Crippen LogP contribution in [0.2, 0.25) is 0 Å². The van der Waals surface area contributed by atoms with Crippen molar-refractivity contribution in [2.24, 2.45) is 0 Å². The number of amides is 2. The van der Waals surface area contributed by atoms with Gasteiger partial charge in [-0.2, -0.15) is 0 Å². The highest BCUT2D eigenvalue weighted by atomic mass is 16.4. The van der Waals surface area contributed by atoms with Gasteiger partial charge in [-0.25, -0.2) is 9.59 Å². The van der Waals surface area contributed by atoms with Gasteiger partial charge in [0.25, 0.3) is 0 Å². The Labute approximate surface area is 120 Å². The van der Waals surface area contributed by atoms with Crippen LogP contribution in [0.25, 0.3) is 0 Å². The van der Waals surface area contributed by atoms with Gasteiger partial charge < -0.3 is 20.6 Å². The molecule has 0 aromatic rings. The highest BCUT2D eigenvalue weighted by Crippen LogP contribution is 2.33. The van der Waals surface area contributed by atoms with Crippen LogP contribution in [0.3, 0.4) is 0 Å². The number of rotatable bonds is 6. The molecule has 1 rings (SSSR count). The minimum absolute atomic E-state index is 0.00315. The molecule has 0 bridgehead atoms. The first-order chi connectivity index (χ1) is 9.26. The molecule has 0 spiro atoms. The second-order valence-electron chi connectivity index (χ2n) is 6.12. The van der Waals surface area contributed by atoms with Crippen LogP contribution in [-0.4, -0.2) is 53.7 Å². The molecule has 0 saturated heterocycles. The minimum atomic E-state index is -1.22. The summed E-state index contributed by atoms with van der Waals surface area (Å²) in [5.74, 6) is -1.02. The zero-order valence-corrected chi connectivity index (χ0v) is 13.0. The van der Waals surface area contributed by atoms with Crippen LogP contribution < -0.4 is 10.6 Å². The number of nitrogens with zero attached hydrogens (tertiary/aromatic N) is 1. The predicted octanol–water partition coefficient (Wildman–Crippen LogP) is 1.41. The SMILES string of the molecule is CCC(C)(NC(=O)NCC1(N(C)C)CCCC1)C(=O)O. The zero-order chi connectivity index (χ0) is 15.4. The largest absolute Gasteiger partial charge is 0.480 e. The Morgan fingerprint density at radius 1 is 1.30 bits per heavy atom. The minimum Gasteiger partial charge on any atom is -0.480 e. The topological polar surface area (TPSA) is 81.7 Å². The van der Waals surface area contributed by atoms with Crippen LogP contribution in [-0.2, 0) is 4.79 Å². The monoisotopic (exact) mass is 285 g/mol. The Morgan fingerprint density at radius 2 is 1.85 bits per heavy atom. The summed E-state index contributed by atoms with van der Waals surface area (Å²) in [6, 6.07) is -0.412. The van der Waals surface area contributed by atoms with Crippen LogP contribution in [0.1, 0.15) is 46.0 Å². The Bertz CT molecular complexity index is 365. The van der Waals surface area contributed by atoms with Gasteiger partial charge in [-0.05, 0) is 40.3 Å². The first-order valence-corrected chi connectivity index (χ1v) is 7.22. The van der Waals surface area contributed by atoms with Gasteiger partial charge in [0.15, 0.2) is 0 Å². The molecule has 3 N–H and O–H groups in total. The van der Waals surface area contributed by atoms with Gasteiger partial charge in [0, 0.05) is 12.1 Å². The molecule has 0 radical (unpaired) electrons. The van der Waals surface area contributed by atoms with Crippen molar-refractivity contribution >= 4 is 12.0 Å². The van der Waals surface area contributed by atoms with Crippen LogP contribution in [0, 0.1) is 0 Å². The number of carboxylic acid groups (broad SMARTS) is 1. The highest BCUT2D eigenvalue weighted by molar-refractivity contribution is 5.85. The maximum Gasteiger partial charge on any atom is 0.329 e. The molecule has 0 aromatic heterocycles. The molecule has 6 nitrogen and oxygen atoms in total. The van der Waals surface area contributed by atoms with E-state index in [2.05, 4.69) is 15.5 Å². The van der Waals surface area contributed by atoms with Gasteiger partial charge in [0.05, 0.1) is 0 Å². The number of hydrogen-bond donors (Lipinski definition) is 3. The molecule has 6 heteroatoms. The van der Waals surface area contributed by atoms with E-state index in [9.17, 15) is 9.59 Å². The number of likely N-dealkylation sites (N-methyl/N-ethyl adjacent to an activating group) is 1. The fourth-order valence-corrected chi connectivity index (χ4v) is 2.65. The average molecular weight is 285 g/mol. The Kier molecular flexibility index (Phi) is 5.39. The molecular weight excluding hydrogens is 258 g/mol. The van der Waals surface area contributed by atoms with Crippen molar-refractivity contribution in [2.75, 3.05) is 20.6 Å². The summed E-state index contributed by atoms with van der Waals surface area (Å²) in [5.41, 5.74) is -1.21. The van der Waals surface area contributed by atoms with Gasteiger partial charge in [0.1, 0.15) is 5.54 Å². The van der Waals surface area contributed by atoms with E-state index >= 15 is 0 Å². The summed E-state index contributed by atoms with van der Waals surface area (Å²) < 4.78 is 0. The van der Waals surface area contributed by atoms with Gasteiger partial charge in [-0.3, -0.25) is 0 Å². The van der Waals surface area contributed by atoms with Crippen molar-refractivity contribution in [3.63, 3.8) is 0 Å². The molecule has 1 unspecified atom stereocenters. The molecule has 1 atom stereocenters. The number of carboxylic acids is 1. The summed E-state index contributed by atoms with van der Waals surface area (Å²) in [4.78, 5) is 25.3. The fraction of sp³-hybridized carbons (Fsp3) is 0.857. The van der Waals surface area contributed by atoms with E-state index < -0.39 is 17.5 Å². The molecule has 20 heavy (non-hydrogen) atoms. The van der Waals surface area contributed by atoms with Crippen molar-refractivity contribution in [1.82, 2.24) is 15.5 Å². The lowest BCUT2D eigenvalue weighted by atomic mass is 9.96. The zero-order valence-electron chi connectivity index (χ0n) is 13.0. The second kappa shape index (κ2) is 6.43. The number of carbonyl (C=O) groups is 2. The standard InChI is InChI=1S/C14H27N3O3/c1-5-13(2,11(18)19)16-12(20)15-10-14(17(3)4)8-6-7-9-14/h5-10H2,1-4H3,(H,18,19)(H2,15,16,20). The molecule has 2 amide bonds. The van der Waals surface area contributed by atoms with Crippen molar-refractivity contribution in [1.29, 1.82) is 0 Å². The third kappa shape index (κ3) is 3.62. The fourth-order valence-electron chi connectivity index (χ4n) is 2.65. The van der Waals surface area contributed by atoms with Gasteiger partial charge in [-0.15, -0.1) is 0 Å². The summed E-state index contributed by atoms with van der Waals surface area (Å²) in [6.07, 6.45) is 4.80. The molecule has 0 aliphatic heterocycles. The number of aliphatic carboxylic acids is 1. The Morgan fingerprint density at radius 3 is 2.25 bits per heavy atom. The number of nitrogens with one attached hydrogen (secondary N) is 2. The number of carbonyl (C=O) groups excluding carboxylic acids is 1. The second-order valence-corrected chi connectivity index (χ2v) is 6.12. The van der Waals surface area contributed by atoms with Gasteiger partial charge >= 0.3 is 12.0 Å². The van der Waals surface area contributed by atoms with Crippen molar-refractivity contribution in [3.8, 4) is 0 Å². The summed E-state index contributed by atoms with van der Waals surface area (Å²) in [6.45, 7) is 3.81. The maximum absolute atomic E-state index is 11.9. The predicted molar refractivity (Wildman–Crippen MR) is 77.8 cm³/mol. The smallest absolute Gasteiger partial charge is 0.329 e. The Balaban J connectivity index is 2.57. The molecule has 1 fully saturated rings. The van der Waals surface area contributed by atoms with Crippen molar-refractivity contribution in [2.45, 2.75) is 57.0 Å². The Hall–Kier alpha value is -1.30. The molecule has 1 aliphatic rings. The van der Waals surface area contributed by atoms with Crippen LogP contribution >= 0.6 is 0 Å². The molecule has 0 aromatic carbocycles. The van der Waals surface area contributed by atoms with Gasteiger partial charge in [0.2, 0.25) is 0 Å². The van der Waals surface area contributed by atoms with Crippen molar-refractivity contribution < 1.29 is 14.7 Å².